The molecule has 1 N–H and O–H groups in total. The second kappa shape index (κ2) is 10.3. The van der Waals surface area contributed by atoms with Crippen LogP contribution in [-0.4, -0.2) is 36.5 Å². The quantitative estimate of drug-likeness (QED) is 0.444. The molecule has 0 spiro atoms. The first kappa shape index (κ1) is 22.5. The monoisotopic (exact) mass is 464 g/mol. The van der Waals surface area contributed by atoms with Crippen molar-refractivity contribution >= 4 is 28.5 Å². The highest BCUT2D eigenvalue weighted by molar-refractivity contribution is 6.30. The van der Waals surface area contributed by atoms with Crippen LogP contribution in [0.2, 0.25) is 5.02 Å². The molecule has 1 aliphatic carbocycles. The van der Waals surface area contributed by atoms with Gasteiger partial charge in [-0.25, -0.2) is 0 Å². The summed E-state index contributed by atoms with van der Waals surface area (Å²) in [5.41, 5.74) is 3.09. The van der Waals surface area contributed by atoms with Crippen LogP contribution in [0.3, 0.4) is 0 Å². The van der Waals surface area contributed by atoms with Crippen molar-refractivity contribution < 1.29 is 9.21 Å². The topological polar surface area (TPSA) is 45.5 Å². The highest BCUT2D eigenvalue weighted by atomic mass is 35.5. The summed E-state index contributed by atoms with van der Waals surface area (Å²) in [5, 5.41) is 5.16. The van der Waals surface area contributed by atoms with Gasteiger partial charge in [0.05, 0.1) is 6.26 Å². The maximum atomic E-state index is 12.5. The van der Waals surface area contributed by atoms with Gasteiger partial charge < -0.3 is 14.6 Å². The summed E-state index contributed by atoms with van der Waals surface area (Å²) < 4.78 is 5.77. The summed E-state index contributed by atoms with van der Waals surface area (Å²) in [6.07, 6.45) is 10.3. The standard InChI is InChI=1S/C28H33ClN2O2/c29-23-9-7-22(8-10-23)28(32)30-24-11-5-20(6-12-24)13-16-31-17-14-21(15-18-31)26-19-33-27-4-2-1-3-25(26)27/h1-4,7-10,19-21,24H,5-6,11-18H2,(H,30,32). The molecule has 174 valence electrons. The number of rotatable bonds is 6. The number of hydrogen-bond donors (Lipinski definition) is 1. The van der Waals surface area contributed by atoms with Gasteiger partial charge in [-0.2, -0.15) is 0 Å². The fourth-order valence-electron chi connectivity index (χ4n) is 5.61. The predicted octanol–water partition coefficient (Wildman–Crippen LogP) is 6.64. The summed E-state index contributed by atoms with van der Waals surface area (Å²) in [7, 11) is 0. The van der Waals surface area contributed by atoms with Crippen molar-refractivity contribution in [1.29, 1.82) is 0 Å². The molecule has 5 rings (SSSR count). The largest absolute Gasteiger partial charge is 0.464 e. The molecule has 1 amide bonds. The minimum atomic E-state index is 0.0170. The molecule has 0 bridgehead atoms. The minimum absolute atomic E-state index is 0.0170. The maximum absolute atomic E-state index is 12.5. The zero-order valence-corrected chi connectivity index (χ0v) is 19.9. The van der Waals surface area contributed by atoms with Gasteiger partial charge in [0.15, 0.2) is 0 Å². The Balaban J connectivity index is 1.02. The van der Waals surface area contributed by atoms with Crippen LogP contribution in [0.1, 0.15) is 66.8 Å². The van der Waals surface area contributed by atoms with Crippen molar-refractivity contribution in [3.8, 4) is 0 Å². The van der Waals surface area contributed by atoms with Crippen LogP contribution in [0.4, 0.5) is 0 Å². The third-order valence-electron chi connectivity index (χ3n) is 7.68. The first-order valence-corrected chi connectivity index (χ1v) is 12.8. The lowest BCUT2D eigenvalue weighted by Crippen LogP contribution is -2.38. The zero-order valence-electron chi connectivity index (χ0n) is 19.1. The zero-order chi connectivity index (χ0) is 22.6. The van der Waals surface area contributed by atoms with E-state index < -0.39 is 0 Å². The van der Waals surface area contributed by atoms with Crippen LogP contribution in [0, 0.1) is 5.92 Å². The number of nitrogens with one attached hydrogen (secondary N) is 1. The third-order valence-corrected chi connectivity index (χ3v) is 7.93. The molecule has 1 saturated carbocycles. The molecule has 1 aliphatic heterocycles. The molecule has 1 aromatic heterocycles. The summed E-state index contributed by atoms with van der Waals surface area (Å²) in [4.78, 5) is 15.1. The van der Waals surface area contributed by atoms with E-state index in [1.54, 1.807) is 24.3 Å². The van der Waals surface area contributed by atoms with E-state index in [2.05, 4.69) is 28.4 Å². The van der Waals surface area contributed by atoms with Gasteiger partial charge in [0.25, 0.3) is 5.91 Å². The van der Waals surface area contributed by atoms with Crippen LogP contribution in [-0.2, 0) is 0 Å². The maximum Gasteiger partial charge on any atom is 0.251 e. The number of carbonyl (C=O) groups is 1. The molecule has 5 heteroatoms. The van der Waals surface area contributed by atoms with Crippen molar-refractivity contribution in [2.75, 3.05) is 19.6 Å². The molecule has 2 aliphatic rings. The number of benzene rings is 2. The number of likely N-dealkylation sites (tertiary alicyclic amines) is 1. The molecule has 0 unspecified atom stereocenters. The Hall–Kier alpha value is -2.30. The van der Waals surface area contributed by atoms with E-state index in [1.165, 1.54) is 62.7 Å². The summed E-state index contributed by atoms with van der Waals surface area (Å²) >= 11 is 5.92. The Morgan fingerprint density at radius 3 is 2.45 bits per heavy atom. The van der Waals surface area contributed by atoms with Gasteiger partial charge in [-0.05, 0) is 107 Å². The van der Waals surface area contributed by atoms with Crippen molar-refractivity contribution in [2.24, 2.45) is 5.92 Å². The van der Waals surface area contributed by atoms with E-state index in [-0.39, 0.29) is 5.91 Å². The Kier molecular flexibility index (Phi) is 7.03. The summed E-state index contributed by atoms with van der Waals surface area (Å²) in [6.45, 7) is 3.55. The Labute approximate surface area is 201 Å². The first-order valence-electron chi connectivity index (χ1n) is 12.4. The van der Waals surface area contributed by atoms with Gasteiger partial charge in [0, 0.05) is 27.6 Å². The van der Waals surface area contributed by atoms with E-state index >= 15 is 0 Å². The number of carbonyl (C=O) groups excluding carboxylic acids is 1. The van der Waals surface area contributed by atoms with Gasteiger partial charge in [0.1, 0.15) is 5.58 Å². The highest BCUT2D eigenvalue weighted by Gasteiger charge is 2.26. The molecule has 33 heavy (non-hydrogen) atoms. The number of hydrogen-bond acceptors (Lipinski definition) is 3. The number of nitrogens with zero attached hydrogens (tertiary/aromatic N) is 1. The van der Waals surface area contributed by atoms with Gasteiger partial charge in [-0.15, -0.1) is 0 Å². The van der Waals surface area contributed by atoms with Crippen LogP contribution >= 0.6 is 11.6 Å². The number of amides is 1. The van der Waals surface area contributed by atoms with E-state index in [0.29, 0.717) is 22.5 Å². The SMILES string of the molecule is O=C(NC1CCC(CCN2CCC(c3coc4ccccc34)CC2)CC1)c1ccc(Cl)cc1. The molecule has 3 aromatic rings. The number of furan rings is 1. The first-order chi connectivity index (χ1) is 16.2. The minimum Gasteiger partial charge on any atom is -0.464 e. The molecule has 0 atom stereocenters. The van der Waals surface area contributed by atoms with Crippen LogP contribution < -0.4 is 5.32 Å². The average Bonchev–Trinajstić information content (AvgIpc) is 3.28. The van der Waals surface area contributed by atoms with Crippen molar-refractivity contribution in [3.63, 3.8) is 0 Å². The second-order valence-electron chi connectivity index (χ2n) is 9.79. The molecule has 0 radical (unpaired) electrons. The van der Waals surface area contributed by atoms with E-state index in [0.717, 1.165) is 24.3 Å². The Morgan fingerprint density at radius 1 is 0.970 bits per heavy atom. The van der Waals surface area contributed by atoms with Crippen molar-refractivity contribution in [1.82, 2.24) is 10.2 Å². The second-order valence-corrected chi connectivity index (χ2v) is 10.2. The fraction of sp³-hybridized carbons (Fsp3) is 0.464. The molecule has 2 heterocycles. The average molecular weight is 465 g/mol. The lowest BCUT2D eigenvalue weighted by atomic mass is 9.83. The lowest BCUT2D eigenvalue weighted by molar-refractivity contribution is 0.0919. The molecule has 2 aromatic carbocycles. The van der Waals surface area contributed by atoms with E-state index in [1.807, 2.05) is 12.3 Å². The number of piperidine rings is 1. The normalized spacial score (nSPS) is 22.5. The molecule has 2 fully saturated rings. The van der Waals surface area contributed by atoms with Gasteiger partial charge in [-0.3, -0.25) is 4.79 Å². The smallest absolute Gasteiger partial charge is 0.251 e. The van der Waals surface area contributed by atoms with E-state index in [4.69, 9.17) is 16.0 Å². The summed E-state index contributed by atoms with van der Waals surface area (Å²) in [5.74, 6) is 1.41. The van der Waals surface area contributed by atoms with Crippen molar-refractivity contribution in [2.45, 2.75) is 56.9 Å². The van der Waals surface area contributed by atoms with Crippen molar-refractivity contribution in [3.05, 3.63) is 70.9 Å². The van der Waals surface area contributed by atoms with Crippen LogP contribution in [0.15, 0.2) is 59.2 Å². The number of halogens is 1. The molecular formula is C28H33ClN2O2. The van der Waals surface area contributed by atoms with Gasteiger partial charge >= 0.3 is 0 Å². The van der Waals surface area contributed by atoms with E-state index in [9.17, 15) is 4.79 Å². The van der Waals surface area contributed by atoms with Gasteiger partial charge in [0.2, 0.25) is 0 Å². The summed E-state index contributed by atoms with van der Waals surface area (Å²) in [6, 6.07) is 15.8. The Morgan fingerprint density at radius 2 is 1.70 bits per heavy atom. The van der Waals surface area contributed by atoms with Crippen LogP contribution in [0.25, 0.3) is 11.0 Å². The predicted molar refractivity (Wildman–Crippen MR) is 134 cm³/mol. The van der Waals surface area contributed by atoms with Crippen LogP contribution in [0.5, 0.6) is 0 Å². The molecular weight excluding hydrogens is 432 g/mol. The number of fused-ring (bicyclic) bond motifs is 1. The molecule has 1 saturated heterocycles. The lowest BCUT2D eigenvalue weighted by Gasteiger charge is -2.34. The third kappa shape index (κ3) is 5.44. The van der Waals surface area contributed by atoms with Gasteiger partial charge in [-0.1, -0.05) is 29.8 Å². The Bertz CT molecular complexity index is 1060. The fourth-order valence-corrected chi connectivity index (χ4v) is 5.74. The molecule has 4 nitrogen and oxygen atoms in total. The highest BCUT2D eigenvalue weighted by Crippen LogP contribution is 2.35. The number of para-hydroxylation sites is 1.